The summed E-state index contributed by atoms with van der Waals surface area (Å²) in [5.74, 6) is 2.23. The first kappa shape index (κ1) is 18.1. The molecule has 26 heavy (non-hydrogen) atoms. The van der Waals surface area contributed by atoms with Crippen molar-refractivity contribution >= 4 is 27.2 Å². The van der Waals surface area contributed by atoms with Gasteiger partial charge in [-0.15, -0.1) is 0 Å². The van der Waals surface area contributed by atoms with Crippen LogP contribution >= 0.6 is 0 Å². The largest absolute Gasteiger partial charge is 0.353 e. The highest BCUT2D eigenvalue weighted by Gasteiger charge is 2.32. The van der Waals surface area contributed by atoms with Crippen LogP contribution in [0.25, 0.3) is 0 Å². The van der Waals surface area contributed by atoms with Gasteiger partial charge in [0.1, 0.15) is 23.5 Å². The van der Waals surface area contributed by atoms with Crippen LogP contribution < -0.4 is 10.2 Å². The summed E-state index contributed by atoms with van der Waals surface area (Å²) in [7, 11) is -2.97. The van der Waals surface area contributed by atoms with Crippen molar-refractivity contribution in [2.24, 2.45) is 0 Å². The summed E-state index contributed by atoms with van der Waals surface area (Å²) in [4.78, 5) is 10.9. The Balaban J connectivity index is 1.91. The van der Waals surface area contributed by atoms with Crippen LogP contribution in [0.4, 0.5) is 17.3 Å². The Morgan fingerprint density at radius 2 is 2.12 bits per heavy atom. The second-order valence-corrected chi connectivity index (χ2v) is 8.51. The van der Waals surface area contributed by atoms with Gasteiger partial charge in [-0.2, -0.15) is 5.26 Å². The Morgan fingerprint density at radius 3 is 2.77 bits per heavy atom. The van der Waals surface area contributed by atoms with Crippen LogP contribution in [0, 0.1) is 18.3 Å². The van der Waals surface area contributed by atoms with Gasteiger partial charge in [-0.25, -0.2) is 18.4 Å². The van der Waals surface area contributed by atoms with Gasteiger partial charge in [-0.05, 0) is 32.4 Å². The van der Waals surface area contributed by atoms with Crippen molar-refractivity contribution in [3.63, 3.8) is 0 Å². The van der Waals surface area contributed by atoms with Gasteiger partial charge in [-0.1, -0.05) is 12.1 Å². The van der Waals surface area contributed by atoms with Crippen LogP contribution in [0.5, 0.6) is 0 Å². The van der Waals surface area contributed by atoms with Crippen molar-refractivity contribution in [1.82, 2.24) is 9.97 Å². The Kier molecular flexibility index (Phi) is 5.09. The van der Waals surface area contributed by atoms with Crippen molar-refractivity contribution in [3.05, 3.63) is 41.7 Å². The topological polar surface area (TPSA) is 99.0 Å². The lowest BCUT2D eigenvalue weighted by atomic mass is 10.2. The first-order valence-corrected chi connectivity index (χ1v) is 10.3. The Hall–Kier alpha value is -2.66. The number of sulfone groups is 1. The van der Waals surface area contributed by atoms with E-state index in [0.29, 0.717) is 41.7 Å². The van der Waals surface area contributed by atoms with E-state index in [4.69, 9.17) is 0 Å². The second-order valence-electron chi connectivity index (χ2n) is 6.28. The fraction of sp³-hybridized carbons (Fsp3) is 0.389. The quantitative estimate of drug-likeness (QED) is 0.861. The Morgan fingerprint density at radius 1 is 1.35 bits per heavy atom. The van der Waals surface area contributed by atoms with Crippen molar-refractivity contribution < 1.29 is 8.42 Å². The van der Waals surface area contributed by atoms with Crippen molar-refractivity contribution in [2.75, 3.05) is 28.3 Å². The van der Waals surface area contributed by atoms with E-state index < -0.39 is 9.84 Å². The predicted octanol–water partition coefficient (Wildman–Crippen LogP) is 2.41. The van der Waals surface area contributed by atoms with E-state index in [2.05, 4.69) is 21.4 Å². The summed E-state index contributed by atoms with van der Waals surface area (Å²) in [6.45, 7) is 4.44. The number of aromatic nitrogens is 2. The van der Waals surface area contributed by atoms with Gasteiger partial charge >= 0.3 is 0 Å². The lowest BCUT2D eigenvalue weighted by molar-refractivity contribution is 0.599. The molecule has 3 rings (SSSR count). The van der Waals surface area contributed by atoms with E-state index in [1.54, 1.807) is 25.1 Å². The molecule has 0 saturated carbocycles. The van der Waals surface area contributed by atoms with Gasteiger partial charge in [0.05, 0.1) is 22.8 Å². The fourth-order valence-corrected chi connectivity index (χ4v) is 4.95. The molecule has 7 nitrogen and oxygen atoms in total. The number of nitrogens with one attached hydrogen (secondary N) is 1. The Bertz CT molecular complexity index is 952. The molecule has 1 unspecified atom stereocenters. The molecule has 1 aromatic carbocycles. The van der Waals surface area contributed by atoms with Gasteiger partial charge in [0.15, 0.2) is 9.84 Å². The summed E-state index contributed by atoms with van der Waals surface area (Å²) in [6.07, 6.45) is 0.610. The predicted molar refractivity (Wildman–Crippen MR) is 101 cm³/mol. The molecule has 8 heteroatoms. The molecule has 1 aliphatic rings. The van der Waals surface area contributed by atoms with E-state index in [1.165, 1.54) is 0 Å². The van der Waals surface area contributed by atoms with E-state index >= 15 is 0 Å². The third kappa shape index (κ3) is 3.94. The molecule has 1 fully saturated rings. The monoisotopic (exact) mass is 371 g/mol. The van der Waals surface area contributed by atoms with Crippen LogP contribution in [-0.2, 0) is 9.84 Å². The molecular formula is C18H21N5O2S. The summed E-state index contributed by atoms with van der Waals surface area (Å²) in [5.41, 5.74) is 1.20. The maximum Gasteiger partial charge on any atom is 0.152 e. The minimum atomic E-state index is -2.97. The molecule has 1 aliphatic heterocycles. The van der Waals surface area contributed by atoms with Gasteiger partial charge in [0.2, 0.25) is 0 Å². The molecule has 2 aromatic rings. The van der Waals surface area contributed by atoms with E-state index in [-0.39, 0.29) is 17.5 Å². The van der Waals surface area contributed by atoms with Crippen LogP contribution in [0.2, 0.25) is 0 Å². The Labute approximate surface area is 153 Å². The standard InChI is InChI=1S/C18H21N5O2S/c1-3-23(15-8-9-26(24,25)12-15)18-10-17(20-13(2)21-18)22-16-7-5-4-6-14(16)11-19/h4-7,10,15H,3,8-9,12H2,1-2H3,(H,20,21,22). The van der Waals surface area contributed by atoms with Crippen molar-refractivity contribution in [2.45, 2.75) is 26.3 Å². The number of hydrogen-bond donors (Lipinski definition) is 1. The zero-order valence-electron chi connectivity index (χ0n) is 14.8. The van der Waals surface area contributed by atoms with Crippen molar-refractivity contribution in [3.8, 4) is 6.07 Å². The summed E-state index contributed by atoms with van der Waals surface area (Å²) in [5, 5.41) is 12.4. The molecule has 0 amide bonds. The average molecular weight is 371 g/mol. The fourth-order valence-electron chi connectivity index (χ4n) is 3.22. The minimum absolute atomic E-state index is 0.0708. The molecule has 0 spiro atoms. The number of anilines is 3. The molecule has 2 heterocycles. The van der Waals surface area contributed by atoms with Gasteiger partial charge in [0, 0.05) is 18.7 Å². The molecule has 0 radical (unpaired) electrons. The highest BCUT2D eigenvalue weighted by atomic mass is 32.2. The number of aryl methyl sites for hydroxylation is 1. The SMILES string of the molecule is CCN(c1cc(Nc2ccccc2C#N)nc(C)n1)C1CCS(=O)(=O)C1. The lowest BCUT2D eigenvalue weighted by Gasteiger charge is -2.28. The smallest absolute Gasteiger partial charge is 0.152 e. The van der Waals surface area contributed by atoms with Gasteiger partial charge in [-0.3, -0.25) is 0 Å². The molecule has 1 atom stereocenters. The number of benzene rings is 1. The molecule has 0 aliphatic carbocycles. The van der Waals surface area contributed by atoms with Crippen LogP contribution in [0.1, 0.15) is 24.7 Å². The van der Waals surface area contributed by atoms with Crippen LogP contribution in [-0.4, -0.2) is 42.5 Å². The molecule has 0 bridgehead atoms. The average Bonchev–Trinajstić information content (AvgIpc) is 2.95. The van der Waals surface area contributed by atoms with Crippen molar-refractivity contribution in [1.29, 1.82) is 5.26 Å². The second kappa shape index (κ2) is 7.30. The number of nitrogens with zero attached hydrogens (tertiary/aromatic N) is 4. The zero-order chi connectivity index (χ0) is 18.7. The normalized spacial score (nSPS) is 18.3. The molecular weight excluding hydrogens is 350 g/mol. The maximum absolute atomic E-state index is 11.8. The van der Waals surface area contributed by atoms with Gasteiger partial charge < -0.3 is 10.2 Å². The van der Waals surface area contributed by atoms with E-state index in [1.807, 2.05) is 24.0 Å². The molecule has 136 valence electrons. The van der Waals surface area contributed by atoms with E-state index in [9.17, 15) is 13.7 Å². The number of nitriles is 1. The summed E-state index contributed by atoms with van der Waals surface area (Å²) < 4.78 is 23.7. The first-order chi connectivity index (χ1) is 12.4. The first-order valence-electron chi connectivity index (χ1n) is 8.51. The maximum atomic E-state index is 11.8. The zero-order valence-corrected chi connectivity index (χ0v) is 15.6. The lowest BCUT2D eigenvalue weighted by Crippen LogP contribution is -2.37. The molecule has 1 saturated heterocycles. The van der Waals surface area contributed by atoms with Crippen LogP contribution in [0.3, 0.4) is 0 Å². The van der Waals surface area contributed by atoms with Crippen LogP contribution in [0.15, 0.2) is 30.3 Å². The third-order valence-corrected chi connectivity index (χ3v) is 6.17. The minimum Gasteiger partial charge on any atom is -0.353 e. The van der Waals surface area contributed by atoms with Gasteiger partial charge in [0.25, 0.3) is 0 Å². The van der Waals surface area contributed by atoms with E-state index in [0.717, 1.165) is 0 Å². The highest BCUT2D eigenvalue weighted by Crippen LogP contribution is 2.26. The summed E-state index contributed by atoms with van der Waals surface area (Å²) >= 11 is 0. The molecule has 1 aromatic heterocycles. The third-order valence-electron chi connectivity index (χ3n) is 4.42. The number of rotatable bonds is 5. The number of para-hydroxylation sites is 1. The summed E-state index contributed by atoms with van der Waals surface area (Å²) in [6, 6.07) is 11.1. The number of hydrogen-bond acceptors (Lipinski definition) is 7. The molecule has 1 N–H and O–H groups in total. The highest BCUT2D eigenvalue weighted by molar-refractivity contribution is 7.91.